The fraction of sp³-hybridized carbons (Fsp3) is 0.0968. The Balaban J connectivity index is 1.51. The summed E-state index contributed by atoms with van der Waals surface area (Å²) >= 11 is 0. The van der Waals surface area contributed by atoms with Crippen LogP contribution in [-0.4, -0.2) is 41.1 Å². The molecule has 0 spiro atoms. The Kier molecular flexibility index (Phi) is 7.64. The molecule has 0 bridgehead atoms. The lowest BCUT2D eigenvalue weighted by Gasteiger charge is -2.25. The molecule has 0 saturated heterocycles. The number of rotatable bonds is 7. The average Bonchev–Trinajstić information content (AvgIpc) is 3.09. The first kappa shape index (κ1) is 26.9. The van der Waals surface area contributed by atoms with E-state index in [4.69, 9.17) is 4.74 Å². The Bertz CT molecular complexity index is 1670. The zero-order chi connectivity index (χ0) is 28.9. The number of ether oxygens (including phenoxy) is 1. The second-order valence-corrected chi connectivity index (χ2v) is 9.21. The summed E-state index contributed by atoms with van der Waals surface area (Å²) in [6, 6.07) is 28.3. The van der Waals surface area contributed by atoms with E-state index in [2.05, 4.69) is 10.3 Å². The van der Waals surface area contributed by atoms with E-state index in [1.807, 2.05) is 49.4 Å². The fourth-order valence-electron chi connectivity index (χ4n) is 4.51. The Labute approximate surface area is 235 Å². The normalized spacial score (nSPS) is 14.4. The minimum Gasteiger partial charge on any atom is -0.410 e. The summed E-state index contributed by atoms with van der Waals surface area (Å²) in [6.45, 7) is 1.54. The molecule has 0 fully saturated rings. The largest absolute Gasteiger partial charge is 0.414 e. The van der Waals surface area contributed by atoms with Crippen LogP contribution in [0.3, 0.4) is 0 Å². The van der Waals surface area contributed by atoms with Crippen molar-refractivity contribution in [3.8, 4) is 5.75 Å². The number of aryl methyl sites for hydroxylation is 1. The molecular formula is C31H24N4O6. The van der Waals surface area contributed by atoms with Gasteiger partial charge in [-0.3, -0.25) is 25.0 Å². The summed E-state index contributed by atoms with van der Waals surface area (Å²) in [5, 5.41) is 13.4. The average molecular weight is 549 g/mol. The lowest BCUT2D eigenvalue weighted by atomic mass is 9.99. The van der Waals surface area contributed by atoms with Gasteiger partial charge in [0.2, 0.25) is 6.17 Å². The molecule has 0 aliphatic carbocycles. The van der Waals surface area contributed by atoms with E-state index in [0.29, 0.717) is 28.1 Å². The zero-order valence-corrected chi connectivity index (χ0v) is 21.9. The molecule has 2 amide bonds. The number of hydrogen-bond donors (Lipinski definition) is 1. The Morgan fingerprint density at radius 1 is 0.927 bits per heavy atom. The number of para-hydroxylation sites is 1. The number of benzene rings is 4. The van der Waals surface area contributed by atoms with Crippen molar-refractivity contribution in [2.75, 3.05) is 11.4 Å². The van der Waals surface area contributed by atoms with Crippen molar-refractivity contribution in [1.29, 1.82) is 0 Å². The highest BCUT2D eigenvalue weighted by Gasteiger charge is 2.34. The van der Waals surface area contributed by atoms with Crippen LogP contribution in [0.4, 0.5) is 16.2 Å². The highest BCUT2D eigenvalue weighted by atomic mass is 16.6. The van der Waals surface area contributed by atoms with Crippen LogP contribution in [0.2, 0.25) is 0 Å². The highest BCUT2D eigenvalue weighted by molar-refractivity contribution is 6.21. The molecule has 1 aliphatic heterocycles. The number of fused-ring (bicyclic) bond motifs is 1. The predicted octanol–water partition coefficient (Wildman–Crippen LogP) is 5.08. The molecule has 1 heterocycles. The lowest BCUT2D eigenvalue weighted by Crippen LogP contribution is -2.49. The van der Waals surface area contributed by atoms with E-state index in [9.17, 15) is 24.5 Å². The summed E-state index contributed by atoms with van der Waals surface area (Å²) in [6.07, 6.45) is -2.43. The quantitative estimate of drug-likeness (QED) is 0.195. The zero-order valence-electron chi connectivity index (χ0n) is 21.9. The van der Waals surface area contributed by atoms with E-state index >= 15 is 0 Å². The highest BCUT2D eigenvalue weighted by Crippen LogP contribution is 2.29. The van der Waals surface area contributed by atoms with Gasteiger partial charge < -0.3 is 9.64 Å². The van der Waals surface area contributed by atoms with Crippen molar-refractivity contribution in [2.45, 2.75) is 13.1 Å². The number of nitrogens with zero attached hydrogens (tertiary/aromatic N) is 3. The van der Waals surface area contributed by atoms with Crippen molar-refractivity contribution in [3.63, 3.8) is 0 Å². The molecule has 0 saturated carbocycles. The molecule has 41 heavy (non-hydrogen) atoms. The first-order chi connectivity index (χ1) is 19.8. The number of amides is 2. The van der Waals surface area contributed by atoms with Crippen LogP contribution in [0.15, 0.2) is 108 Å². The Morgan fingerprint density at radius 3 is 2.29 bits per heavy atom. The number of carbonyl (C=O) groups excluding carboxylic acids is 3. The van der Waals surface area contributed by atoms with Crippen molar-refractivity contribution < 1.29 is 24.0 Å². The molecule has 5 rings (SSSR count). The maximum atomic E-state index is 14.0. The number of non-ortho nitro benzene ring substituents is 1. The smallest absolute Gasteiger partial charge is 0.410 e. The number of nitro groups is 1. The summed E-state index contributed by atoms with van der Waals surface area (Å²) in [5.74, 6) is -0.871. The van der Waals surface area contributed by atoms with Gasteiger partial charge in [0.15, 0.2) is 5.78 Å². The van der Waals surface area contributed by atoms with E-state index in [1.165, 1.54) is 29.2 Å². The summed E-state index contributed by atoms with van der Waals surface area (Å²) in [7, 11) is 0. The fourth-order valence-corrected chi connectivity index (χ4v) is 4.51. The molecule has 10 heteroatoms. The number of nitrogens with one attached hydrogen (secondary N) is 1. The molecule has 0 aromatic heterocycles. The van der Waals surface area contributed by atoms with Gasteiger partial charge in [-0.1, -0.05) is 72.8 Å². The van der Waals surface area contributed by atoms with Gasteiger partial charge in [-0.15, -0.1) is 0 Å². The summed E-state index contributed by atoms with van der Waals surface area (Å²) in [4.78, 5) is 56.6. The van der Waals surface area contributed by atoms with Crippen molar-refractivity contribution in [3.05, 3.63) is 135 Å². The minimum atomic E-state index is -1.44. The Morgan fingerprint density at radius 2 is 1.59 bits per heavy atom. The SMILES string of the molecule is Cc1ccccc1C(=O)CN1C(=O)C(NC(=O)Oc2ccc([N+](=O)[O-])cc2)N=C(c2ccccc2)c2ccccc21. The maximum Gasteiger partial charge on any atom is 0.414 e. The van der Waals surface area contributed by atoms with Crippen LogP contribution < -0.4 is 15.0 Å². The maximum absolute atomic E-state index is 14.0. The molecule has 1 atom stereocenters. The third kappa shape index (κ3) is 5.86. The van der Waals surface area contributed by atoms with Crippen LogP contribution in [-0.2, 0) is 4.79 Å². The van der Waals surface area contributed by atoms with Crippen molar-refractivity contribution in [2.24, 2.45) is 4.99 Å². The third-order valence-electron chi connectivity index (χ3n) is 6.52. The molecule has 0 radical (unpaired) electrons. The van der Waals surface area contributed by atoms with Gasteiger partial charge >= 0.3 is 6.09 Å². The first-order valence-corrected chi connectivity index (χ1v) is 12.7. The number of benzodiazepines with no additional fused rings is 1. The second-order valence-electron chi connectivity index (χ2n) is 9.21. The second kappa shape index (κ2) is 11.6. The van der Waals surface area contributed by atoms with Gasteiger partial charge in [-0.05, 0) is 30.7 Å². The number of aliphatic imine (C=N–C) groups is 1. The van der Waals surface area contributed by atoms with Gasteiger partial charge in [0.1, 0.15) is 5.75 Å². The number of nitro benzene ring substituents is 1. The molecule has 10 nitrogen and oxygen atoms in total. The molecule has 1 unspecified atom stereocenters. The molecule has 4 aromatic rings. The topological polar surface area (TPSA) is 131 Å². The number of Topliss-reactive ketones (excluding diaryl/α,β-unsaturated/α-hetero) is 1. The van der Waals surface area contributed by atoms with Gasteiger partial charge in [0.25, 0.3) is 11.6 Å². The van der Waals surface area contributed by atoms with Gasteiger partial charge in [-0.25, -0.2) is 9.79 Å². The van der Waals surface area contributed by atoms with Gasteiger partial charge in [0, 0.05) is 28.8 Å². The Hall–Kier alpha value is -5.64. The predicted molar refractivity (Wildman–Crippen MR) is 152 cm³/mol. The number of hydrogen-bond acceptors (Lipinski definition) is 7. The standard InChI is InChI=1S/C31H24N4O6/c1-20-9-5-6-12-24(20)27(36)19-34-26-14-8-7-13-25(26)28(21-10-3-2-4-11-21)32-29(30(34)37)33-31(38)41-23-17-15-22(16-18-23)35(39)40/h2-18,29H,19H2,1H3,(H,33,38). The molecule has 1 aliphatic rings. The molecule has 1 N–H and O–H groups in total. The number of ketones is 1. The van der Waals surface area contributed by atoms with Crippen LogP contribution >= 0.6 is 0 Å². The monoisotopic (exact) mass is 548 g/mol. The molecule has 204 valence electrons. The van der Waals surface area contributed by atoms with Gasteiger partial charge in [0.05, 0.1) is 22.9 Å². The van der Waals surface area contributed by atoms with E-state index < -0.39 is 23.1 Å². The van der Waals surface area contributed by atoms with Gasteiger partial charge in [-0.2, -0.15) is 0 Å². The third-order valence-corrected chi connectivity index (χ3v) is 6.52. The van der Waals surface area contributed by atoms with E-state index in [0.717, 1.165) is 5.56 Å². The lowest BCUT2D eigenvalue weighted by molar-refractivity contribution is -0.384. The summed E-state index contributed by atoms with van der Waals surface area (Å²) < 4.78 is 5.28. The van der Waals surface area contributed by atoms with Crippen molar-refractivity contribution in [1.82, 2.24) is 5.32 Å². The van der Waals surface area contributed by atoms with Crippen LogP contribution in [0, 0.1) is 17.0 Å². The first-order valence-electron chi connectivity index (χ1n) is 12.7. The van der Waals surface area contributed by atoms with E-state index in [1.54, 1.807) is 36.4 Å². The van der Waals surface area contributed by atoms with Crippen LogP contribution in [0.25, 0.3) is 0 Å². The minimum absolute atomic E-state index is 0.0382. The van der Waals surface area contributed by atoms with Crippen LogP contribution in [0.1, 0.15) is 27.0 Å². The summed E-state index contributed by atoms with van der Waals surface area (Å²) in [5.41, 5.74) is 3.31. The molecular weight excluding hydrogens is 524 g/mol. The number of carbonyl (C=O) groups is 3. The van der Waals surface area contributed by atoms with Crippen molar-refractivity contribution >= 4 is 34.9 Å². The van der Waals surface area contributed by atoms with Crippen LogP contribution in [0.5, 0.6) is 5.75 Å². The number of anilines is 1. The van der Waals surface area contributed by atoms with E-state index in [-0.39, 0.29) is 23.8 Å². The molecule has 4 aromatic carbocycles.